The molecule has 2 aliphatic heterocycles. The van der Waals surface area contributed by atoms with Gasteiger partial charge in [-0.1, -0.05) is 11.6 Å². The fourth-order valence-corrected chi connectivity index (χ4v) is 4.73. The van der Waals surface area contributed by atoms with Gasteiger partial charge in [-0.15, -0.1) is 0 Å². The van der Waals surface area contributed by atoms with E-state index in [9.17, 15) is 13.2 Å². The van der Waals surface area contributed by atoms with Crippen LogP contribution in [0.1, 0.15) is 10.4 Å². The van der Waals surface area contributed by atoms with Gasteiger partial charge in [0, 0.05) is 18.7 Å². The molecule has 0 spiro atoms. The summed E-state index contributed by atoms with van der Waals surface area (Å²) < 4.78 is 47.9. The van der Waals surface area contributed by atoms with Crippen molar-refractivity contribution in [1.82, 2.24) is 4.31 Å². The van der Waals surface area contributed by atoms with Crippen LogP contribution < -0.4 is 14.2 Å². The van der Waals surface area contributed by atoms with Crippen molar-refractivity contribution in [2.45, 2.75) is 4.90 Å². The first-order valence-corrected chi connectivity index (χ1v) is 10.7. The first-order chi connectivity index (χ1) is 13.9. The van der Waals surface area contributed by atoms with E-state index in [-0.39, 0.29) is 34.9 Å². The van der Waals surface area contributed by atoms with Crippen molar-refractivity contribution < 1.29 is 32.2 Å². The number of ketones is 1. The Kier molecular flexibility index (Phi) is 5.64. The van der Waals surface area contributed by atoms with Crippen LogP contribution >= 0.6 is 11.6 Å². The highest BCUT2D eigenvalue weighted by atomic mass is 35.5. The largest absolute Gasteiger partial charge is 0.484 e. The van der Waals surface area contributed by atoms with Crippen LogP contribution in [0.5, 0.6) is 17.2 Å². The summed E-state index contributed by atoms with van der Waals surface area (Å²) in [4.78, 5) is 12.5. The van der Waals surface area contributed by atoms with E-state index in [1.165, 1.54) is 22.5 Å². The molecule has 0 atom stereocenters. The number of hydrogen-bond acceptors (Lipinski definition) is 7. The summed E-state index contributed by atoms with van der Waals surface area (Å²) in [6.07, 6.45) is 0. The van der Waals surface area contributed by atoms with Crippen LogP contribution in [0, 0.1) is 0 Å². The third-order valence-electron chi connectivity index (χ3n) is 4.56. The van der Waals surface area contributed by atoms with E-state index in [0.717, 1.165) is 0 Å². The van der Waals surface area contributed by atoms with Gasteiger partial charge in [-0.2, -0.15) is 4.31 Å². The molecule has 0 N–H and O–H groups in total. The van der Waals surface area contributed by atoms with Gasteiger partial charge in [-0.05, 0) is 36.4 Å². The molecule has 0 aliphatic carbocycles. The molecule has 0 unspecified atom stereocenters. The molecule has 0 bridgehead atoms. The molecule has 0 radical (unpaired) electrons. The average Bonchev–Trinajstić information content (AvgIpc) is 3.21. The lowest BCUT2D eigenvalue weighted by Gasteiger charge is -2.26. The van der Waals surface area contributed by atoms with Gasteiger partial charge >= 0.3 is 0 Å². The van der Waals surface area contributed by atoms with Crippen LogP contribution in [0.15, 0.2) is 41.3 Å². The summed E-state index contributed by atoms with van der Waals surface area (Å²) in [5, 5.41) is 0.109. The molecule has 2 aromatic rings. The number of rotatable bonds is 6. The Hall–Kier alpha value is -2.33. The maximum absolute atomic E-state index is 12.7. The number of benzene rings is 2. The second kappa shape index (κ2) is 8.19. The summed E-state index contributed by atoms with van der Waals surface area (Å²) >= 11 is 6.20. The van der Waals surface area contributed by atoms with Crippen molar-refractivity contribution in [2.75, 3.05) is 39.7 Å². The van der Waals surface area contributed by atoms with Crippen LogP contribution in [-0.2, 0) is 14.8 Å². The second-order valence-corrected chi connectivity index (χ2v) is 8.73. The molecule has 0 saturated carbocycles. The molecule has 2 aliphatic rings. The van der Waals surface area contributed by atoms with Gasteiger partial charge in [-0.25, -0.2) is 8.42 Å². The zero-order chi connectivity index (χ0) is 20.4. The maximum Gasteiger partial charge on any atom is 0.243 e. The van der Waals surface area contributed by atoms with E-state index >= 15 is 0 Å². The number of carbonyl (C=O) groups is 1. The lowest BCUT2D eigenvalue weighted by atomic mass is 10.1. The molecule has 1 fully saturated rings. The third kappa shape index (κ3) is 4.18. The predicted molar refractivity (Wildman–Crippen MR) is 103 cm³/mol. The number of halogens is 1. The van der Waals surface area contributed by atoms with Crippen molar-refractivity contribution in [3.05, 3.63) is 47.0 Å². The Labute approximate surface area is 172 Å². The molecule has 0 aromatic heterocycles. The highest BCUT2D eigenvalue weighted by molar-refractivity contribution is 7.89. The fraction of sp³-hybridized carbons (Fsp3) is 0.316. The number of morpholine rings is 1. The monoisotopic (exact) mass is 439 g/mol. The van der Waals surface area contributed by atoms with Crippen molar-refractivity contribution in [3.8, 4) is 17.2 Å². The van der Waals surface area contributed by atoms with Crippen LogP contribution in [0.25, 0.3) is 0 Å². The molecule has 0 amide bonds. The van der Waals surface area contributed by atoms with Gasteiger partial charge in [0.15, 0.2) is 23.9 Å². The summed E-state index contributed by atoms with van der Waals surface area (Å²) in [6, 6.07) is 9.06. The van der Waals surface area contributed by atoms with E-state index < -0.39 is 10.0 Å². The molecule has 4 rings (SSSR count). The normalized spacial score (nSPS) is 16.6. The first-order valence-electron chi connectivity index (χ1n) is 8.88. The van der Waals surface area contributed by atoms with E-state index in [0.29, 0.717) is 43.4 Å². The minimum absolute atomic E-state index is 0.0684. The highest BCUT2D eigenvalue weighted by Crippen LogP contribution is 2.33. The van der Waals surface area contributed by atoms with Gasteiger partial charge in [0.25, 0.3) is 0 Å². The molecule has 29 heavy (non-hydrogen) atoms. The number of Topliss-reactive ketones (excluding diaryl/α,β-unsaturated/α-hetero) is 1. The van der Waals surface area contributed by atoms with Crippen LogP contribution in [-0.4, -0.2) is 58.2 Å². The average molecular weight is 440 g/mol. The predicted octanol–water partition coefficient (Wildman–Crippen LogP) is 2.35. The Morgan fingerprint density at radius 1 is 1.07 bits per heavy atom. The van der Waals surface area contributed by atoms with E-state index in [1.54, 1.807) is 18.2 Å². The van der Waals surface area contributed by atoms with Gasteiger partial charge in [0.2, 0.25) is 16.8 Å². The quantitative estimate of drug-likeness (QED) is 0.638. The molecule has 2 heterocycles. The standard InChI is InChI=1S/C19H18ClNO7S/c20-15-10-14(29(23,24)21-5-7-25-8-6-21)2-4-17(15)26-11-16(22)13-1-3-18-19(9-13)28-12-27-18/h1-4,9-10H,5-8,11-12H2. The minimum Gasteiger partial charge on any atom is -0.484 e. The summed E-state index contributed by atoms with van der Waals surface area (Å²) in [7, 11) is -3.66. The van der Waals surface area contributed by atoms with Crippen molar-refractivity contribution in [2.24, 2.45) is 0 Å². The maximum atomic E-state index is 12.7. The molecule has 154 valence electrons. The van der Waals surface area contributed by atoms with Gasteiger partial charge < -0.3 is 18.9 Å². The number of carbonyl (C=O) groups excluding carboxylic acids is 1. The van der Waals surface area contributed by atoms with Crippen molar-refractivity contribution >= 4 is 27.4 Å². The van der Waals surface area contributed by atoms with Gasteiger partial charge in [0.1, 0.15) is 5.75 Å². The van der Waals surface area contributed by atoms with E-state index in [1.807, 2.05) is 0 Å². The Morgan fingerprint density at radius 2 is 1.83 bits per heavy atom. The van der Waals surface area contributed by atoms with Gasteiger partial charge in [0.05, 0.1) is 23.1 Å². The highest BCUT2D eigenvalue weighted by Gasteiger charge is 2.27. The molecule has 2 aromatic carbocycles. The third-order valence-corrected chi connectivity index (χ3v) is 6.75. The van der Waals surface area contributed by atoms with Crippen molar-refractivity contribution in [1.29, 1.82) is 0 Å². The van der Waals surface area contributed by atoms with Crippen LogP contribution in [0.3, 0.4) is 0 Å². The fourth-order valence-electron chi connectivity index (χ4n) is 2.99. The van der Waals surface area contributed by atoms with E-state index in [2.05, 4.69) is 0 Å². The zero-order valence-corrected chi connectivity index (χ0v) is 16.9. The molecule has 8 nitrogen and oxygen atoms in total. The van der Waals surface area contributed by atoms with Crippen LogP contribution in [0.4, 0.5) is 0 Å². The number of ether oxygens (including phenoxy) is 4. The number of fused-ring (bicyclic) bond motifs is 1. The van der Waals surface area contributed by atoms with Crippen LogP contribution in [0.2, 0.25) is 5.02 Å². The Balaban J connectivity index is 1.44. The lowest BCUT2D eigenvalue weighted by molar-refractivity contribution is 0.0730. The molecular formula is C19H18ClNO7S. The number of hydrogen-bond donors (Lipinski definition) is 0. The lowest BCUT2D eigenvalue weighted by Crippen LogP contribution is -2.40. The Bertz CT molecular complexity index is 1030. The summed E-state index contributed by atoms with van der Waals surface area (Å²) in [5.74, 6) is 1.04. The topological polar surface area (TPSA) is 91.4 Å². The summed E-state index contributed by atoms with van der Waals surface area (Å²) in [5.41, 5.74) is 0.414. The molecular weight excluding hydrogens is 422 g/mol. The molecule has 10 heteroatoms. The van der Waals surface area contributed by atoms with Crippen molar-refractivity contribution in [3.63, 3.8) is 0 Å². The molecule has 1 saturated heterocycles. The van der Waals surface area contributed by atoms with Gasteiger partial charge in [-0.3, -0.25) is 4.79 Å². The summed E-state index contributed by atoms with van der Waals surface area (Å²) in [6.45, 7) is 1.17. The zero-order valence-electron chi connectivity index (χ0n) is 15.3. The van der Waals surface area contributed by atoms with E-state index in [4.69, 9.17) is 30.5 Å². The Morgan fingerprint density at radius 3 is 2.59 bits per heavy atom. The number of nitrogens with zero attached hydrogens (tertiary/aromatic N) is 1. The first kappa shape index (κ1) is 20.0. The second-order valence-electron chi connectivity index (χ2n) is 6.39. The minimum atomic E-state index is -3.66. The smallest absolute Gasteiger partial charge is 0.243 e. The SMILES string of the molecule is O=C(COc1ccc(S(=O)(=O)N2CCOCC2)cc1Cl)c1ccc2c(c1)OCO2. The number of sulfonamides is 1.